The lowest BCUT2D eigenvalue weighted by molar-refractivity contribution is 0.301. The Morgan fingerprint density at radius 2 is 1.73 bits per heavy atom. The number of aromatic nitrogens is 2. The summed E-state index contributed by atoms with van der Waals surface area (Å²) in [5, 5.41) is 0. The zero-order valence-corrected chi connectivity index (χ0v) is 16.2. The smallest absolute Gasteiger partial charge is 0.224 e. The van der Waals surface area contributed by atoms with E-state index in [0.717, 1.165) is 30.7 Å². The van der Waals surface area contributed by atoms with Gasteiger partial charge >= 0.3 is 0 Å². The first-order chi connectivity index (χ1) is 12.7. The third-order valence-corrected chi connectivity index (χ3v) is 5.75. The first-order valence-corrected chi connectivity index (χ1v) is 10.3. The summed E-state index contributed by atoms with van der Waals surface area (Å²) in [6.45, 7) is 4.44. The van der Waals surface area contributed by atoms with Crippen LogP contribution in [0.15, 0.2) is 30.5 Å². The fourth-order valence-corrected chi connectivity index (χ4v) is 4.11. The minimum Gasteiger partial charge on any atom is -0.240 e. The van der Waals surface area contributed by atoms with Gasteiger partial charge in [-0.15, -0.1) is 0 Å². The highest BCUT2D eigenvalue weighted by Gasteiger charge is 2.24. The molecule has 2 aromatic rings. The van der Waals surface area contributed by atoms with Crippen molar-refractivity contribution in [1.82, 2.24) is 9.97 Å². The zero-order valence-electron chi connectivity index (χ0n) is 16.2. The molecule has 0 unspecified atom stereocenters. The Kier molecular flexibility index (Phi) is 6.76. The minimum absolute atomic E-state index is 0.322. The van der Waals surface area contributed by atoms with Gasteiger partial charge in [-0.25, -0.2) is 9.97 Å². The number of unbranched alkanes of at least 4 members (excludes halogenated alkanes) is 1. The second-order valence-electron chi connectivity index (χ2n) is 7.74. The van der Waals surface area contributed by atoms with Crippen molar-refractivity contribution in [2.75, 3.05) is 0 Å². The Bertz CT molecular complexity index is 688. The van der Waals surface area contributed by atoms with E-state index in [0.29, 0.717) is 17.3 Å². The van der Waals surface area contributed by atoms with E-state index in [9.17, 15) is 4.39 Å². The van der Waals surface area contributed by atoms with Gasteiger partial charge in [-0.05, 0) is 55.6 Å². The lowest BCUT2D eigenvalue weighted by Gasteiger charge is -2.27. The molecule has 0 aliphatic heterocycles. The van der Waals surface area contributed by atoms with Gasteiger partial charge in [0.05, 0.1) is 5.56 Å². The van der Waals surface area contributed by atoms with Gasteiger partial charge in [0.1, 0.15) is 5.82 Å². The van der Waals surface area contributed by atoms with Crippen LogP contribution in [0.1, 0.15) is 82.5 Å². The summed E-state index contributed by atoms with van der Waals surface area (Å²) in [5.41, 5.74) is 2.67. The number of aryl methyl sites for hydroxylation is 1. The summed E-state index contributed by atoms with van der Waals surface area (Å²) in [6.07, 6.45) is 12.3. The molecule has 1 aliphatic rings. The molecule has 1 aliphatic carbocycles. The molecule has 140 valence electrons. The summed E-state index contributed by atoms with van der Waals surface area (Å²) in [7, 11) is 0. The lowest BCUT2D eigenvalue weighted by Crippen LogP contribution is -2.16. The van der Waals surface area contributed by atoms with Gasteiger partial charge in [0.2, 0.25) is 5.95 Å². The van der Waals surface area contributed by atoms with Gasteiger partial charge in [-0.3, -0.25) is 0 Å². The molecule has 0 bridgehead atoms. The number of rotatable bonds is 7. The van der Waals surface area contributed by atoms with Crippen molar-refractivity contribution in [3.8, 4) is 11.1 Å². The van der Waals surface area contributed by atoms with Gasteiger partial charge in [0.25, 0.3) is 0 Å². The SMILES string of the molecule is CCCCc1ccc(-c2cnc([C@H]3CC[C@H](CCC)CC3)nc2F)cc1. The van der Waals surface area contributed by atoms with Crippen LogP contribution in [0, 0.1) is 11.9 Å². The molecule has 0 amide bonds. The number of hydrogen-bond donors (Lipinski definition) is 0. The molecule has 0 radical (unpaired) electrons. The molecule has 3 rings (SSSR count). The summed E-state index contributed by atoms with van der Waals surface area (Å²) in [5.74, 6) is 1.47. The summed E-state index contributed by atoms with van der Waals surface area (Å²) >= 11 is 0. The van der Waals surface area contributed by atoms with E-state index >= 15 is 0 Å². The maximum Gasteiger partial charge on any atom is 0.224 e. The van der Waals surface area contributed by atoms with Crippen LogP contribution in [-0.4, -0.2) is 9.97 Å². The molecule has 1 saturated carbocycles. The van der Waals surface area contributed by atoms with Crippen LogP contribution in [0.25, 0.3) is 11.1 Å². The van der Waals surface area contributed by atoms with E-state index in [1.165, 1.54) is 44.1 Å². The predicted molar refractivity (Wildman–Crippen MR) is 106 cm³/mol. The second-order valence-corrected chi connectivity index (χ2v) is 7.74. The van der Waals surface area contributed by atoms with Crippen molar-refractivity contribution < 1.29 is 4.39 Å². The molecule has 1 heterocycles. The summed E-state index contributed by atoms with van der Waals surface area (Å²) in [4.78, 5) is 8.77. The van der Waals surface area contributed by atoms with Crippen molar-refractivity contribution in [1.29, 1.82) is 0 Å². The van der Waals surface area contributed by atoms with E-state index < -0.39 is 0 Å². The highest BCUT2D eigenvalue weighted by atomic mass is 19.1. The number of benzene rings is 1. The van der Waals surface area contributed by atoms with E-state index in [4.69, 9.17) is 0 Å². The molecule has 1 aromatic carbocycles. The average molecular weight is 355 g/mol. The monoisotopic (exact) mass is 354 g/mol. The van der Waals surface area contributed by atoms with Crippen LogP contribution in [0.2, 0.25) is 0 Å². The maximum atomic E-state index is 14.6. The first-order valence-electron chi connectivity index (χ1n) is 10.3. The fraction of sp³-hybridized carbons (Fsp3) is 0.565. The average Bonchev–Trinajstić information content (AvgIpc) is 2.68. The summed E-state index contributed by atoms with van der Waals surface area (Å²) in [6, 6.07) is 8.16. The van der Waals surface area contributed by atoms with Crippen LogP contribution >= 0.6 is 0 Å². The van der Waals surface area contributed by atoms with E-state index in [2.05, 4.69) is 35.9 Å². The van der Waals surface area contributed by atoms with Gasteiger partial charge in [0.15, 0.2) is 0 Å². The zero-order chi connectivity index (χ0) is 18.4. The van der Waals surface area contributed by atoms with Crippen LogP contribution < -0.4 is 0 Å². The number of hydrogen-bond acceptors (Lipinski definition) is 2. The minimum atomic E-state index is -0.382. The molecule has 2 nitrogen and oxygen atoms in total. The molecule has 0 N–H and O–H groups in total. The quantitative estimate of drug-likeness (QED) is 0.517. The summed E-state index contributed by atoms with van der Waals surface area (Å²) < 4.78 is 14.6. The predicted octanol–water partition coefficient (Wildman–Crippen LogP) is 6.70. The second kappa shape index (κ2) is 9.25. The third-order valence-electron chi connectivity index (χ3n) is 5.75. The maximum absolute atomic E-state index is 14.6. The molecule has 0 spiro atoms. The third kappa shape index (κ3) is 4.69. The normalized spacial score (nSPS) is 20.3. The van der Waals surface area contributed by atoms with Crippen LogP contribution in [0.5, 0.6) is 0 Å². The topological polar surface area (TPSA) is 25.8 Å². The van der Waals surface area contributed by atoms with Gasteiger partial charge in [-0.2, -0.15) is 4.39 Å². The number of halogens is 1. The number of nitrogens with zero attached hydrogens (tertiary/aromatic N) is 2. The van der Waals surface area contributed by atoms with Gasteiger partial charge in [0, 0.05) is 12.1 Å². The fourth-order valence-electron chi connectivity index (χ4n) is 4.11. The van der Waals surface area contributed by atoms with Crippen molar-refractivity contribution in [3.05, 3.63) is 47.8 Å². The lowest BCUT2D eigenvalue weighted by atomic mass is 9.80. The molecule has 1 fully saturated rings. The van der Waals surface area contributed by atoms with E-state index in [-0.39, 0.29) is 5.95 Å². The molecule has 1 aromatic heterocycles. The molecule has 3 heteroatoms. The Morgan fingerprint density at radius 3 is 2.35 bits per heavy atom. The Labute approximate surface area is 157 Å². The molecule has 26 heavy (non-hydrogen) atoms. The molecular weight excluding hydrogens is 323 g/mol. The van der Waals surface area contributed by atoms with Crippen molar-refractivity contribution in [3.63, 3.8) is 0 Å². The largest absolute Gasteiger partial charge is 0.240 e. The Hall–Kier alpha value is -1.77. The molecular formula is C23H31FN2. The van der Waals surface area contributed by atoms with Crippen molar-refractivity contribution >= 4 is 0 Å². The van der Waals surface area contributed by atoms with Crippen LogP contribution in [-0.2, 0) is 6.42 Å². The van der Waals surface area contributed by atoms with E-state index in [1.54, 1.807) is 6.20 Å². The molecule has 0 atom stereocenters. The van der Waals surface area contributed by atoms with Crippen molar-refractivity contribution in [2.24, 2.45) is 5.92 Å². The standard InChI is InChI=1S/C23H31FN2/c1-3-5-7-18-8-12-19(13-9-18)21-16-25-23(26-22(21)24)20-14-10-17(6-4-2)11-15-20/h8-9,12-13,16-17,20H,3-7,10-11,14-15H2,1-2H3/t17-,20-. The van der Waals surface area contributed by atoms with Gasteiger partial charge < -0.3 is 0 Å². The van der Waals surface area contributed by atoms with Gasteiger partial charge in [-0.1, -0.05) is 57.4 Å². The Morgan fingerprint density at radius 1 is 1.00 bits per heavy atom. The van der Waals surface area contributed by atoms with Crippen molar-refractivity contribution in [2.45, 2.75) is 77.6 Å². The Balaban J connectivity index is 1.68. The highest BCUT2D eigenvalue weighted by Crippen LogP contribution is 2.36. The van der Waals surface area contributed by atoms with E-state index in [1.807, 2.05) is 12.1 Å². The molecule has 0 saturated heterocycles. The van der Waals surface area contributed by atoms with Crippen LogP contribution in [0.3, 0.4) is 0 Å². The van der Waals surface area contributed by atoms with Crippen LogP contribution in [0.4, 0.5) is 4.39 Å². The highest BCUT2D eigenvalue weighted by molar-refractivity contribution is 5.62. The first kappa shape index (κ1) is 19.0.